The molecule has 1 atom stereocenters. The highest BCUT2D eigenvalue weighted by Crippen LogP contribution is 2.39. The van der Waals surface area contributed by atoms with Gasteiger partial charge in [-0.1, -0.05) is 13.0 Å². The van der Waals surface area contributed by atoms with Crippen molar-refractivity contribution in [1.82, 2.24) is 19.3 Å². The Morgan fingerprint density at radius 3 is 2.51 bits per heavy atom. The van der Waals surface area contributed by atoms with Crippen LogP contribution in [0.25, 0.3) is 28.0 Å². The Hall–Kier alpha value is -4.66. The number of ether oxygens (including phenoxy) is 2. The van der Waals surface area contributed by atoms with E-state index < -0.39 is 5.69 Å². The molecule has 0 saturated heterocycles. The molecule has 0 aliphatic rings. The number of nitrogens with one attached hydrogen (secondary N) is 1. The van der Waals surface area contributed by atoms with Crippen LogP contribution in [0.2, 0.25) is 0 Å². The van der Waals surface area contributed by atoms with Gasteiger partial charge in [-0.2, -0.15) is 5.10 Å². The Morgan fingerprint density at radius 2 is 1.76 bits per heavy atom. The van der Waals surface area contributed by atoms with Crippen LogP contribution in [0.15, 0.2) is 65.6 Å². The van der Waals surface area contributed by atoms with Crippen molar-refractivity contribution < 1.29 is 19.7 Å². The molecule has 5 aromatic rings. The molecule has 2 heterocycles. The average Bonchev–Trinajstić information content (AvgIpc) is 3.45. The molecular formula is C28H28N4O5. The van der Waals surface area contributed by atoms with E-state index in [1.165, 1.54) is 10.6 Å². The van der Waals surface area contributed by atoms with Crippen LogP contribution in [0.3, 0.4) is 0 Å². The number of aromatic hydroxyl groups is 2. The molecule has 2 aromatic heterocycles. The summed E-state index contributed by atoms with van der Waals surface area (Å²) in [6.07, 6.45) is 2.54. The summed E-state index contributed by atoms with van der Waals surface area (Å²) in [5.74, 6) is 1.16. The molecule has 0 fully saturated rings. The first-order chi connectivity index (χ1) is 17.8. The predicted octanol–water partition coefficient (Wildman–Crippen LogP) is 4.49. The Balaban J connectivity index is 1.54. The number of aromatic amines is 1. The fourth-order valence-corrected chi connectivity index (χ4v) is 4.76. The SMILES string of the molecule is COc1ccc(CC(C)c2cc(-c3n[nH]c(=O)n3-c3ccc4c(ccn4C)c3)c(O)cc2O)cc1OC. The summed E-state index contributed by atoms with van der Waals surface area (Å²) in [6, 6.07) is 16.3. The van der Waals surface area contributed by atoms with Gasteiger partial charge in [0.05, 0.1) is 25.5 Å². The van der Waals surface area contributed by atoms with E-state index in [-0.39, 0.29) is 23.2 Å². The van der Waals surface area contributed by atoms with Crippen molar-refractivity contribution in [3.63, 3.8) is 0 Å². The molecule has 0 saturated carbocycles. The van der Waals surface area contributed by atoms with Crippen molar-refractivity contribution in [2.45, 2.75) is 19.3 Å². The van der Waals surface area contributed by atoms with Crippen molar-refractivity contribution in [3.05, 3.63) is 82.4 Å². The van der Waals surface area contributed by atoms with Crippen molar-refractivity contribution in [3.8, 4) is 40.1 Å². The molecule has 0 aliphatic heterocycles. The normalized spacial score (nSPS) is 12.1. The van der Waals surface area contributed by atoms with Gasteiger partial charge in [-0.15, -0.1) is 0 Å². The number of phenolic OH excluding ortho intramolecular Hbond substituents is 2. The van der Waals surface area contributed by atoms with E-state index in [1.54, 1.807) is 20.3 Å². The van der Waals surface area contributed by atoms with Gasteiger partial charge in [-0.25, -0.2) is 14.5 Å². The van der Waals surface area contributed by atoms with E-state index in [2.05, 4.69) is 10.2 Å². The number of H-pyrrole nitrogens is 1. The molecule has 37 heavy (non-hydrogen) atoms. The van der Waals surface area contributed by atoms with Crippen LogP contribution >= 0.6 is 0 Å². The summed E-state index contributed by atoms with van der Waals surface area (Å²) >= 11 is 0. The molecule has 190 valence electrons. The van der Waals surface area contributed by atoms with Gasteiger partial charge in [0.2, 0.25) is 0 Å². The first kappa shape index (κ1) is 24.1. The highest BCUT2D eigenvalue weighted by Gasteiger charge is 2.21. The van der Waals surface area contributed by atoms with E-state index in [0.717, 1.165) is 16.5 Å². The predicted molar refractivity (Wildman–Crippen MR) is 141 cm³/mol. The zero-order valence-electron chi connectivity index (χ0n) is 21.0. The lowest BCUT2D eigenvalue weighted by molar-refractivity contribution is 0.354. The summed E-state index contributed by atoms with van der Waals surface area (Å²) in [4.78, 5) is 12.8. The zero-order valence-corrected chi connectivity index (χ0v) is 21.0. The van der Waals surface area contributed by atoms with Crippen LogP contribution in [0.4, 0.5) is 0 Å². The molecular weight excluding hydrogens is 472 g/mol. The smallest absolute Gasteiger partial charge is 0.348 e. The molecule has 0 spiro atoms. The minimum atomic E-state index is -0.433. The van der Waals surface area contributed by atoms with Crippen molar-refractivity contribution in [1.29, 1.82) is 0 Å². The number of hydrogen-bond acceptors (Lipinski definition) is 6. The Kier molecular flexibility index (Phi) is 6.12. The quantitative estimate of drug-likeness (QED) is 0.303. The first-order valence-electron chi connectivity index (χ1n) is 11.8. The number of benzene rings is 3. The molecule has 1 unspecified atom stereocenters. The summed E-state index contributed by atoms with van der Waals surface area (Å²) in [6.45, 7) is 1.98. The number of hydrogen-bond donors (Lipinski definition) is 3. The number of aromatic nitrogens is 4. The molecule has 0 bridgehead atoms. The largest absolute Gasteiger partial charge is 0.508 e. The van der Waals surface area contributed by atoms with Gasteiger partial charge in [-0.3, -0.25) is 0 Å². The molecule has 3 aromatic carbocycles. The third-order valence-electron chi connectivity index (χ3n) is 6.71. The van der Waals surface area contributed by atoms with Gasteiger partial charge in [0.15, 0.2) is 17.3 Å². The number of rotatable bonds is 7. The van der Waals surface area contributed by atoms with Crippen LogP contribution in [0.1, 0.15) is 24.0 Å². The van der Waals surface area contributed by atoms with E-state index in [4.69, 9.17) is 9.47 Å². The van der Waals surface area contributed by atoms with Gasteiger partial charge in [0.25, 0.3) is 0 Å². The van der Waals surface area contributed by atoms with Gasteiger partial charge >= 0.3 is 5.69 Å². The van der Waals surface area contributed by atoms with Crippen molar-refractivity contribution >= 4 is 10.9 Å². The monoisotopic (exact) mass is 500 g/mol. The third kappa shape index (κ3) is 4.29. The lowest BCUT2D eigenvalue weighted by Gasteiger charge is -2.17. The Bertz CT molecular complexity index is 1660. The van der Waals surface area contributed by atoms with E-state index in [1.807, 2.05) is 67.2 Å². The summed E-state index contributed by atoms with van der Waals surface area (Å²) in [7, 11) is 5.13. The lowest BCUT2D eigenvalue weighted by Crippen LogP contribution is -2.15. The zero-order chi connectivity index (χ0) is 26.3. The van der Waals surface area contributed by atoms with E-state index in [9.17, 15) is 15.0 Å². The molecule has 0 aliphatic carbocycles. The summed E-state index contributed by atoms with van der Waals surface area (Å²) < 4.78 is 14.1. The van der Waals surface area contributed by atoms with Crippen LogP contribution in [-0.2, 0) is 13.5 Å². The number of fused-ring (bicyclic) bond motifs is 1. The first-order valence-corrected chi connectivity index (χ1v) is 11.8. The van der Waals surface area contributed by atoms with Gasteiger partial charge in [0, 0.05) is 30.2 Å². The van der Waals surface area contributed by atoms with Crippen LogP contribution < -0.4 is 15.2 Å². The minimum Gasteiger partial charge on any atom is -0.508 e. The Labute approximate surface area is 213 Å². The van der Waals surface area contributed by atoms with Crippen molar-refractivity contribution in [2.75, 3.05) is 14.2 Å². The fourth-order valence-electron chi connectivity index (χ4n) is 4.76. The highest BCUT2D eigenvalue weighted by atomic mass is 16.5. The highest BCUT2D eigenvalue weighted by molar-refractivity contribution is 5.82. The minimum absolute atomic E-state index is 0.0376. The Morgan fingerprint density at radius 1 is 0.973 bits per heavy atom. The van der Waals surface area contributed by atoms with Crippen LogP contribution in [0.5, 0.6) is 23.0 Å². The lowest BCUT2D eigenvalue weighted by atomic mass is 9.91. The third-order valence-corrected chi connectivity index (χ3v) is 6.71. The molecule has 9 heteroatoms. The van der Waals surface area contributed by atoms with Crippen molar-refractivity contribution in [2.24, 2.45) is 7.05 Å². The molecule has 3 N–H and O–H groups in total. The second-order valence-electron chi connectivity index (χ2n) is 9.08. The summed E-state index contributed by atoms with van der Waals surface area (Å²) in [5.41, 5.74) is 3.15. The summed E-state index contributed by atoms with van der Waals surface area (Å²) in [5, 5.41) is 29.1. The number of nitrogens with zero attached hydrogens (tertiary/aromatic N) is 3. The molecule has 0 amide bonds. The fraction of sp³-hybridized carbons (Fsp3) is 0.214. The average molecular weight is 501 g/mol. The topological polar surface area (TPSA) is 115 Å². The maximum Gasteiger partial charge on any atom is 0.348 e. The molecule has 0 radical (unpaired) electrons. The van der Waals surface area contributed by atoms with Crippen LogP contribution in [-0.4, -0.2) is 43.8 Å². The second kappa shape index (κ2) is 9.42. The second-order valence-corrected chi connectivity index (χ2v) is 9.08. The molecule has 9 nitrogen and oxygen atoms in total. The standard InChI is InChI=1S/C28H28N4O5/c1-16(11-17-5-8-25(36-3)26(12-17)37-4)20-14-21(24(34)15-23(20)33)27-29-30-28(35)32(27)19-6-7-22-18(13-19)9-10-31(22)2/h5-10,12-16,33-34H,11H2,1-4H3,(H,30,35). The van der Waals surface area contributed by atoms with Gasteiger partial charge in [0.1, 0.15) is 11.5 Å². The number of phenols is 2. The number of aryl methyl sites for hydroxylation is 1. The maximum absolute atomic E-state index is 12.8. The van der Waals surface area contributed by atoms with Gasteiger partial charge < -0.3 is 24.3 Å². The van der Waals surface area contributed by atoms with E-state index >= 15 is 0 Å². The van der Waals surface area contributed by atoms with Gasteiger partial charge in [-0.05, 0) is 65.9 Å². The number of methoxy groups -OCH3 is 2. The molecule has 5 rings (SSSR count). The maximum atomic E-state index is 12.8. The van der Waals surface area contributed by atoms with Crippen LogP contribution in [0, 0.1) is 0 Å². The van der Waals surface area contributed by atoms with E-state index in [0.29, 0.717) is 34.7 Å².